The predicted molar refractivity (Wildman–Crippen MR) is 95.0 cm³/mol. The molecule has 1 aromatic heterocycles. The summed E-state index contributed by atoms with van der Waals surface area (Å²) in [6.45, 7) is 2.03. The van der Waals surface area contributed by atoms with Crippen LogP contribution in [0.1, 0.15) is 26.5 Å². The van der Waals surface area contributed by atoms with Crippen molar-refractivity contribution in [1.82, 2.24) is 4.98 Å². The summed E-state index contributed by atoms with van der Waals surface area (Å²) in [4.78, 5) is 16.1. The molecule has 8 heteroatoms. The second kappa shape index (κ2) is 7.40. The Balaban J connectivity index is 1.71. The van der Waals surface area contributed by atoms with Crippen molar-refractivity contribution in [3.05, 3.63) is 70.2 Å². The lowest BCUT2D eigenvalue weighted by molar-refractivity contribution is -0.137. The van der Waals surface area contributed by atoms with E-state index >= 15 is 0 Å². The lowest BCUT2D eigenvalue weighted by Crippen LogP contribution is -2.03. The van der Waals surface area contributed by atoms with Crippen molar-refractivity contribution in [2.24, 2.45) is 0 Å². The monoisotopic (exact) mass is 393 g/mol. The van der Waals surface area contributed by atoms with Crippen molar-refractivity contribution in [1.29, 1.82) is 0 Å². The number of nitrogens with zero attached hydrogens (tertiary/aromatic N) is 1. The zero-order valence-corrected chi connectivity index (χ0v) is 14.9. The van der Waals surface area contributed by atoms with Crippen LogP contribution >= 0.6 is 11.3 Å². The summed E-state index contributed by atoms with van der Waals surface area (Å²) in [5, 5.41) is 9.49. The molecule has 0 unspecified atom stereocenters. The molecule has 1 N–H and O–H groups in total. The number of hydrogen-bond donors (Lipinski definition) is 1. The third-order valence-electron chi connectivity index (χ3n) is 3.82. The van der Waals surface area contributed by atoms with E-state index in [4.69, 9.17) is 9.84 Å². The summed E-state index contributed by atoms with van der Waals surface area (Å²) >= 11 is 1.34. The average molecular weight is 393 g/mol. The highest BCUT2D eigenvalue weighted by Gasteiger charge is 2.30. The Hall–Kier alpha value is -2.87. The van der Waals surface area contributed by atoms with E-state index in [0.717, 1.165) is 22.7 Å². The number of aromatic carboxylic acids is 1. The Kier molecular flexibility index (Phi) is 5.18. The van der Waals surface area contributed by atoms with Gasteiger partial charge in [0.1, 0.15) is 17.4 Å². The van der Waals surface area contributed by atoms with Gasteiger partial charge < -0.3 is 9.84 Å². The largest absolute Gasteiger partial charge is 0.488 e. The molecule has 27 heavy (non-hydrogen) atoms. The number of rotatable bonds is 5. The summed E-state index contributed by atoms with van der Waals surface area (Å²) in [6.07, 6.45) is -4.37. The molecule has 0 saturated heterocycles. The molecule has 3 aromatic rings. The van der Waals surface area contributed by atoms with Crippen molar-refractivity contribution in [3.63, 3.8) is 0 Å². The highest BCUT2D eigenvalue weighted by Crippen LogP contribution is 2.33. The molecular formula is C19H14F3NO3S. The van der Waals surface area contributed by atoms with Gasteiger partial charge in [-0.1, -0.05) is 12.1 Å². The van der Waals surface area contributed by atoms with E-state index in [2.05, 4.69) is 4.98 Å². The topological polar surface area (TPSA) is 59.4 Å². The molecule has 3 rings (SSSR count). The number of halogens is 3. The summed E-state index contributed by atoms with van der Waals surface area (Å²) in [6, 6.07) is 10.9. The third kappa shape index (κ3) is 4.46. The second-order valence-corrected chi connectivity index (χ2v) is 6.80. The summed E-state index contributed by atoms with van der Waals surface area (Å²) in [7, 11) is 0. The molecule has 0 aliphatic carbocycles. The number of alkyl halides is 3. The number of carboxylic acid groups (broad SMARTS) is 1. The highest BCUT2D eigenvalue weighted by molar-refractivity contribution is 7.15. The van der Waals surface area contributed by atoms with Gasteiger partial charge in [0, 0.05) is 5.56 Å². The summed E-state index contributed by atoms with van der Waals surface area (Å²) in [5.41, 5.74) is 0.805. The fraction of sp³-hybridized carbons (Fsp3) is 0.158. The van der Waals surface area contributed by atoms with Crippen LogP contribution in [-0.4, -0.2) is 16.1 Å². The zero-order valence-electron chi connectivity index (χ0n) is 14.1. The van der Waals surface area contributed by atoms with Crippen molar-refractivity contribution < 1.29 is 27.8 Å². The molecule has 0 bridgehead atoms. The molecule has 0 aliphatic heterocycles. The molecule has 0 saturated carbocycles. The Morgan fingerprint density at radius 2 is 1.74 bits per heavy atom. The first kappa shape index (κ1) is 18.9. The Labute approximate surface area is 156 Å². The molecule has 140 valence electrons. The quantitative estimate of drug-likeness (QED) is 0.629. The van der Waals surface area contributed by atoms with Gasteiger partial charge >= 0.3 is 12.1 Å². The predicted octanol–water partition coefficient (Wildman–Crippen LogP) is 5.41. The minimum Gasteiger partial charge on any atom is -0.488 e. The maximum atomic E-state index is 12.7. The van der Waals surface area contributed by atoms with Crippen LogP contribution in [0.5, 0.6) is 5.75 Å². The van der Waals surface area contributed by atoms with Gasteiger partial charge in [0.25, 0.3) is 0 Å². The maximum Gasteiger partial charge on any atom is 0.416 e. The first-order chi connectivity index (χ1) is 12.7. The summed E-state index contributed by atoms with van der Waals surface area (Å²) < 4.78 is 43.6. The number of aryl methyl sites for hydroxylation is 1. The van der Waals surface area contributed by atoms with Gasteiger partial charge in [-0.2, -0.15) is 13.2 Å². The molecule has 1 heterocycles. The Morgan fingerprint density at radius 3 is 2.30 bits per heavy atom. The first-order valence-corrected chi connectivity index (χ1v) is 8.66. The molecule has 2 aromatic carbocycles. The van der Waals surface area contributed by atoms with E-state index in [1.165, 1.54) is 35.6 Å². The van der Waals surface area contributed by atoms with Crippen molar-refractivity contribution in [3.8, 4) is 16.3 Å². The molecule has 4 nitrogen and oxygen atoms in total. The van der Waals surface area contributed by atoms with E-state index in [1.807, 2.05) is 0 Å². The van der Waals surface area contributed by atoms with Crippen LogP contribution in [0.3, 0.4) is 0 Å². The van der Waals surface area contributed by atoms with Crippen LogP contribution in [0.4, 0.5) is 13.2 Å². The van der Waals surface area contributed by atoms with Crippen LogP contribution in [0, 0.1) is 6.92 Å². The van der Waals surface area contributed by atoms with E-state index in [0.29, 0.717) is 16.3 Å². The van der Waals surface area contributed by atoms with E-state index in [-0.39, 0.29) is 12.2 Å². The number of hydrogen-bond acceptors (Lipinski definition) is 4. The number of carbonyl (C=O) groups is 1. The van der Waals surface area contributed by atoms with Crippen LogP contribution in [0.25, 0.3) is 10.6 Å². The molecule has 0 atom stereocenters. The number of benzene rings is 2. The van der Waals surface area contributed by atoms with Gasteiger partial charge in [-0.15, -0.1) is 11.3 Å². The normalized spacial score (nSPS) is 11.4. The van der Waals surface area contributed by atoms with Gasteiger partial charge in [0.15, 0.2) is 0 Å². The zero-order chi connectivity index (χ0) is 19.6. The van der Waals surface area contributed by atoms with Crippen LogP contribution < -0.4 is 4.74 Å². The molecule has 0 fully saturated rings. The number of carboxylic acids is 1. The van der Waals surface area contributed by atoms with E-state index in [1.54, 1.807) is 19.1 Å². The molecule has 0 spiro atoms. The second-order valence-electron chi connectivity index (χ2n) is 5.72. The fourth-order valence-corrected chi connectivity index (χ4v) is 3.31. The maximum absolute atomic E-state index is 12.7. The van der Waals surface area contributed by atoms with Gasteiger partial charge in [0.05, 0.1) is 21.7 Å². The number of aromatic nitrogens is 1. The SMILES string of the molecule is Cc1nc(-c2ccc(C(F)(F)F)cc2)sc1COc1ccc(C(=O)O)cc1. The fourth-order valence-electron chi connectivity index (χ4n) is 2.33. The van der Waals surface area contributed by atoms with Gasteiger partial charge in [-0.3, -0.25) is 0 Å². The Bertz CT molecular complexity index is 948. The van der Waals surface area contributed by atoms with Crippen LogP contribution in [0.2, 0.25) is 0 Å². The van der Waals surface area contributed by atoms with Crippen molar-refractivity contribution in [2.45, 2.75) is 19.7 Å². The van der Waals surface area contributed by atoms with Crippen LogP contribution in [-0.2, 0) is 12.8 Å². The van der Waals surface area contributed by atoms with Gasteiger partial charge in [0.2, 0.25) is 0 Å². The third-order valence-corrected chi connectivity index (χ3v) is 5.00. The van der Waals surface area contributed by atoms with Gasteiger partial charge in [-0.25, -0.2) is 9.78 Å². The van der Waals surface area contributed by atoms with Crippen LogP contribution in [0.15, 0.2) is 48.5 Å². The molecule has 0 aliphatic rings. The minimum atomic E-state index is -4.37. The van der Waals surface area contributed by atoms with Crippen molar-refractivity contribution >= 4 is 17.3 Å². The first-order valence-electron chi connectivity index (χ1n) is 7.84. The van der Waals surface area contributed by atoms with E-state index in [9.17, 15) is 18.0 Å². The van der Waals surface area contributed by atoms with Gasteiger partial charge in [-0.05, 0) is 43.3 Å². The average Bonchev–Trinajstić information content (AvgIpc) is 3.00. The highest BCUT2D eigenvalue weighted by atomic mass is 32.1. The number of thiazole rings is 1. The molecular weight excluding hydrogens is 379 g/mol. The van der Waals surface area contributed by atoms with Crippen molar-refractivity contribution in [2.75, 3.05) is 0 Å². The Morgan fingerprint density at radius 1 is 1.11 bits per heavy atom. The molecule has 0 radical (unpaired) electrons. The lowest BCUT2D eigenvalue weighted by Gasteiger charge is -2.06. The minimum absolute atomic E-state index is 0.168. The van der Waals surface area contributed by atoms with E-state index < -0.39 is 17.7 Å². The standard InChI is InChI=1S/C19H14F3NO3S/c1-11-16(10-26-15-8-4-13(5-9-15)18(24)25)27-17(23-11)12-2-6-14(7-3-12)19(20,21)22/h2-9H,10H2,1H3,(H,24,25). The summed E-state index contributed by atoms with van der Waals surface area (Å²) in [5.74, 6) is -0.495. The number of ether oxygens (including phenoxy) is 1. The smallest absolute Gasteiger partial charge is 0.416 e. The molecule has 0 amide bonds. The lowest BCUT2D eigenvalue weighted by atomic mass is 10.1.